The Labute approximate surface area is 102 Å². The number of ether oxygens (including phenoxy) is 1. The molecule has 0 saturated heterocycles. The van der Waals surface area contributed by atoms with Gasteiger partial charge in [-0.05, 0) is 19.1 Å². The summed E-state index contributed by atoms with van der Waals surface area (Å²) in [5.41, 5.74) is 0.917. The Hall–Kier alpha value is -1.17. The smallest absolute Gasteiger partial charge is 0.280 e. The van der Waals surface area contributed by atoms with E-state index in [4.69, 9.17) is 21.4 Å². The molecule has 4 nitrogen and oxygen atoms in total. The minimum absolute atomic E-state index is 0.133. The van der Waals surface area contributed by atoms with E-state index in [-0.39, 0.29) is 11.8 Å². The lowest BCUT2D eigenvalue weighted by molar-refractivity contribution is 0.285. The topological polar surface area (TPSA) is 55.2 Å². The Kier molecular flexibility index (Phi) is 3.38. The van der Waals surface area contributed by atoms with E-state index in [1.165, 1.54) is 11.3 Å². The minimum atomic E-state index is -0.133. The number of aromatic nitrogens is 2. The zero-order valence-electron chi connectivity index (χ0n) is 8.48. The van der Waals surface area contributed by atoms with Crippen molar-refractivity contribution in [3.05, 3.63) is 34.1 Å². The van der Waals surface area contributed by atoms with Crippen LogP contribution in [0.2, 0.25) is 5.15 Å². The largest absolute Gasteiger partial charge is 0.429 e. The van der Waals surface area contributed by atoms with Gasteiger partial charge in [-0.25, -0.2) is 0 Å². The fraction of sp³-hybridized carbons (Fsp3) is 0.200. The van der Waals surface area contributed by atoms with Crippen molar-refractivity contribution in [2.75, 3.05) is 0 Å². The molecule has 2 rings (SSSR count). The summed E-state index contributed by atoms with van der Waals surface area (Å²) in [6, 6.07) is 3.65. The maximum atomic E-state index is 8.95. The summed E-state index contributed by atoms with van der Waals surface area (Å²) in [5.74, 6) is 0.598. The summed E-state index contributed by atoms with van der Waals surface area (Å²) in [5, 5.41) is 9.63. The van der Waals surface area contributed by atoms with E-state index in [1.54, 1.807) is 12.3 Å². The van der Waals surface area contributed by atoms with Crippen LogP contribution in [0.1, 0.15) is 10.6 Å². The predicted molar refractivity (Wildman–Crippen MR) is 62.1 cm³/mol. The van der Waals surface area contributed by atoms with Gasteiger partial charge in [0.05, 0.1) is 17.7 Å². The van der Waals surface area contributed by atoms with E-state index >= 15 is 0 Å². The fourth-order valence-electron chi connectivity index (χ4n) is 1.07. The number of aliphatic hydroxyl groups excluding tert-OH is 1. The summed E-state index contributed by atoms with van der Waals surface area (Å²) in [6.45, 7) is 1.76. The molecule has 0 atom stereocenters. The lowest BCUT2D eigenvalue weighted by Crippen LogP contribution is -1.85. The number of hydrogen-bond acceptors (Lipinski definition) is 5. The molecular weight excluding hydrogens is 248 g/mol. The van der Waals surface area contributed by atoms with Crippen LogP contribution >= 0.6 is 22.9 Å². The molecule has 0 radical (unpaired) electrons. The first-order valence-electron chi connectivity index (χ1n) is 4.55. The maximum absolute atomic E-state index is 8.95. The molecule has 1 N–H and O–H groups in total. The first-order chi connectivity index (χ1) is 7.69. The lowest BCUT2D eigenvalue weighted by Gasteiger charge is -2.00. The van der Waals surface area contributed by atoms with Gasteiger partial charge < -0.3 is 9.84 Å². The molecule has 16 heavy (non-hydrogen) atoms. The highest BCUT2D eigenvalue weighted by Gasteiger charge is 2.09. The molecular formula is C10H9ClN2O2S. The van der Waals surface area contributed by atoms with E-state index in [0.29, 0.717) is 15.8 Å². The predicted octanol–water partition coefficient (Wildman–Crippen LogP) is 2.78. The molecule has 2 aromatic heterocycles. The van der Waals surface area contributed by atoms with Crippen molar-refractivity contribution in [3.8, 4) is 10.9 Å². The van der Waals surface area contributed by atoms with Gasteiger partial charge in [0.2, 0.25) is 0 Å². The zero-order valence-corrected chi connectivity index (χ0v) is 10.0. The summed E-state index contributed by atoms with van der Waals surface area (Å²) in [6.07, 6.45) is 1.61. The molecule has 0 spiro atoms. The molecule has 2 heterocycles. The maximum Gasteiger partial charge on any atom is 0.280 e. The minimum Gasteiger partial charge on any atom is -0.429 e. The van der Waals surface area contributed by atoms with Crippen LogP contribution in [0.3, 0.4) is 0 Å². The van der Waals surface area contributed by atoms with Crippen LogP contribution in [0.15, 0.2) is 18.3 Å². The van der Waals surface area contributed by atoms with Gasteiger partial charge in [0.1, 0.15) is 10.9 Å². The Bertz CT molecular complexity index is 484. The third-order valence-electron chi connectivity index (χ3n) is 1.86. The Morgan fingerprint density at radius 3 is 2.88 bits per heavy atom. The fourth-order valence-corrected chi connectivity index (χ4v) is 2.05. The monoisotopic (exact) mass is 256 g/mol. The van der Waals surface area contributed by atoms with Crippen molar-refractivity contribution in [2.45, 2.75) is 13.5 Å². The first-order valence-corrected chi connectivity index (χ1v) is 5.75. The van der Waals surface area contributed by atoms with Gasteiger partial charge in [-0.15, -0.1) is 0 Å². The van der Waals surface area contributed by atoms with Crippen LogP contribution in [0.4, 0.5) is 0 Å². The summed E-state index contributed by atoms with van der Waals surface area (Å²) < 4.78 is 5.45. The summed E-state index contributed by atoms with van der Waals surface area (Å²) >= 11 is 7.00. The molecule has 0 aliphatic heterocycles. The van der Waals surface area contributed by atoms with Gasteiger partial charge in [0, 0.05) is 5.69 Å². The number of aliphatic hydroxyl groups is 1. The third kappa shape index (κ3) is 2.49. The quantitative estimate of drug-likeness (QED) is 0.918. The van der Waals surface area contributed by atoms with Gasteiger partial charge >= 0.3 is 0 Å². The van der Waals surface area contributed by atoms with Crippen molar-refractivity contribution < 1.29 is 9.84 Å². The molecule has 6 heteroatoms. The molecule has 0 fully saturated rings. The number of thiazole rings is 1. The summed E-state index contributed by atoms with van der Waals surface area (Å²) in [7, 11) is 0. The van der Waals surface area contributed by atoms with E-state index < -0.39 is 0 Å². The van der Waals surface area contributed by atoms with Crippen LogP contribution in [-0.2, 0) is 6.61 Å². The van der Waals surface area contributed by atoms with E-state index in [0.717, 1.165) is 5.69 Å². The SMILES string of the molecule is Cc1ccc(Oc2nc(Cl)c(CO)s2)cn1. The Morgan fingerprint density at radius 2 is 2.31 bits per heavy atom. The van der Waals surface area contributed by atoms with Crippen LogP contribution in [0.5, 0.6) is 10.9 Å². The van der Waals surface area contributed by atoms with Crippen LogP contribution < -0.4 is 4.74 Å². The van der Waals surface area contributed by atoms with Gasteiger partial charge in [0.15, 0.2) is 0 Å². The number of nitrogens with zero attached hydrogens (tertiary/aromatic N) is 2. The second-order valence-corrected chi connectivity index (χ2v) is 4.49. The highest BCUT2D eigenvalue weighted by atomic mass is 35.5. The number of aryl methyl sites for hydroxylation is 1. The van der Waals surface area contributed by atoms with E-state index in [9.17, 15) is 0 Å². The number of pyridine rings is 1. The van der Waals surface area contributed by atoms with Crippen LogP contribution in [0.25, 0.3) is 0 Å². The van der Waals surface area contributed by atoms with Crippen LogP contribution in [0, 0.1) is 6.92 Å². The Morgan fingerprint density at radius 1 is 1.50 bits per heavy atom. The molecule has 0 amide bonds. The van der Waals surface area contributed by atoms with Crippen LogP contribution in [-0.4, -0.2) is 15.1 Å². The highest BCUT2D eigenvalue weighted by molar-refractivity contribution is 7.13. The van der Waals surface area contributed by atoms with Crippen molar-refractivity contribution in [1.29, 1.82) is 0 Å². The van der Waals surface area contributed by atoms with Crippen molar-refractivity contribution in [2.24, 2.45) is 0 Å². The average molecular weight is 257 g/mol. The molecule has 0 aromatic carbocycles. The van der Waals surface area contributed by atoms with E-state index in [1.807, 2.05) is 13.0 Å². The molecule has 0 unspecified atom stereocenters. The molecule has 0 aliphatic rings. The van der Waals surface area contributed by atoms with Crippen molar-refractivity contribution >= 4 is 22.9 Å². The Balaban J connectivity index is 2.17. The second kappa shape index (κ2) is 4.78. The van der Waals surface area contributed by atoms with Gasteiger partial charge in [-0.3, -0.25) is 4.98 Å². The van der Waals surface area contributed by atoms with Crippen molar-refractivity contribution in [1.82, 2.24) is 9.97 Å². The molecule has 0 aliphatic carbocycles. The number of hydrogen-bond donors (Lipinski definition) is 1. The average Bonchev–Trinajstić information content (AvgIpc) is 2.62. The number of halogens is 1. The summed E-state index contributed by atoms with van der Waals surface area (Å²) in [4.78, 5) is 8.66. The van der Waals surface area contributed by atoms with E-state index in [2.05, 4.69) is 9.97 Å². The lowest BCUT2D eigenvalue weighted by atomic mass is 10.4. The normalized spacial score (nSPS) is 10.4. The van der Waals surface area contributed by atoms with Crippen molar-refractivity contribution in [3.63, 3.8) is 0 Å². The number of rotatable bonds is 3. The zero-order chi connectivity index (χ0) is 11.5. The third-order valence-corrected chi connectivity index (χ3v) is 3.21. The molecule has 0 bridgehead atoms. The first kappa shape index (κ1) is 11.3. The molecule has 0 saturated carbocycles. The second-order valence-electron chi connectivity index (χ2n) is 3.09. The molecule has 84 valence electrons. The van der Waals surface area contributed by atoms with Gasteiger partial charge in [-0.2, -0.15) is 4.98 Å². The van der Waals surface area contributed by atoms with Gasteiger partial charge in [-0.1, -0.05) is 22.9 Å². The highest BCUT2D eigenvalue weighted by Crippen LogP contribution is 2.31. The van der Waals surface area contributed by atoms with Gasteiger partial charge in [0.25, 0.3) is 5.19 Å². The standard InChI is InChI=1S/C10H9ClN2O2S/c1-6-2-3-7(4-12-6)15-10-13-9(11)8(5-14)16-10/h2-4,14H,5H2,1H3. The molecule has 2 aromatic rings.